The van der Waals surface area contributed by atoms with Crippen molar-refractivity contribution in [2.75, 3.05) is 51.6 Å². The molecular formula is C20H28FN3O2S. The summed E-state index contributed by atoms with van der Waals surface area (Å²) in [6.45, 7) is 5.05. The first kappa shape index (κ1) is 20.1. The van der Waals surface area contributed by atoms with Gasteiger partial charge in [0.2, 0.25) is 11.8 Å². The number of carbonyl (C=O) groups is 2. The summed E-state index contributed by atoms with van der Waals surface area (Å²) in [7, 11) is 0. The number of hydrogen-bond acceptors (Lipinski definition) is 4. The number of halogens is 1. The Morgan fingerprint density at radius 2 is 1.41 bits per heavy atom. The Morgan fingerprint density at radius 1 is 0.815 bits per heavy atom. The summed E-state index contributed by atoms with van der Waals surface area (Å²) in [5.74, 6) is 0.418. The van der Waals surface area contributed by atoms with E-state index in [1.807, 2.05) is 9.80 Å². The van der Waals surface area contributed by atoms with Gasteiger partial charge in [-0.15, -0.1) is 11.8 Å². The topological polar surface area (TPSA) is 43.9 Å². The van der Waals surface area contributed by atoms with E-state index in [2.05, 4.69) is 4.90 Å². The fraction of sp³-hybridized carbons (Fsp3) is 0.600. The molecule has 1 aromatic rings. The number of nitrogens with zero attached hydrogens (tertiary/aromatic N) is 3. The second-order valence-corrected chi connectivity index (χ2v) is 8.24. The van der Waals surface area contributed by atoms with Crippen molar-refractivity contribution in [1.29, 1.82) is 0 Å². The van der Waals surface area contributed by atoms with Crippen molar-refractivity contribution < 1.29 is 14.0 Å². The van der Waals surface area contributed by atoms with E-state index in [0.29, 0.717) is 25.4 Å². The van der Waals surface area contributed by atoms with Gasteiger partial charge in [-0.05, 0) is 37.1 Å². The van der Waals surface area contributed by atoms with E-state index < -0.39 is 0 Å². The molecular weight excluding hydrogens is 365 g/mol. The number of piperazine rings is 1. The van der Waals surface area contributed by atoms with Crippen molar-refractivity contribution in [3.63, 3.8) is 0 Å². The second kappa shape index (κ2) is 10.1. The third kappa shape index (κ3) is 6.21. The predicted molar refractivity (Wildman–Crippen MR) is 105 cm³/mol. The maximum absolute atomic E-state index is 12.9. The van der Waals surface area contributed by atoms with Crippen LogP contribution in [0.2, 0.25) is 0 Å². The minimum Gasteiger partial charge on any atom is -0.342 e. The van der Waals surface area contributed by atoms with Gasteiger partial charge in [-0.2, -0.15) is 0 Å². The van der Waals surface area contributed by atoms with Crippen LogP contribution in [0.15, 0.2) is 29.2 Å². The molecule has 0 atom stereocenters. The van der Waals surface area contributed by atoms with Gasteiger partial charge < -0.3 is 9.80 Å². The summed E-state index contributed by atoms with van der Waals surface area (Å²) >= 11 is 1.43. The second-order valence-electron chi connectivity index (χ2n) is 7.19. The Hall–Kier alpha value is -1.60. The van der Waals surface area contributed by atoms with Crippen LogP contribution in [0.3, 0.4) is 0 Å². The molecule has 0 saturated carbocycles. The van der Waals surface area contributed by atoms with Crippen LogP contribution in [-0.4, -0.2) is 78.1 Å². The number of hydrogen-bond donors (Lipinski definition) is 0. The highest BCUT2D eigenvalue weighted by Crippen LogP contribution is 2.19. The smallest absolute Gasteiger partial charge is 0.236 e. The number of rotatable bonds is 5. The summed E-state index contributed by atoms with van der Waals surface area (Å²) in [5.41, 5.74) is 0. The largest absolute Gasteiger partial charge is 0.342 e. The molecule has 3 rings (SSSR count). The number of amides is 2. The van der Waals surface area contributed by atoms with Gasteiger partial charge in [-0.25, -0.2) is 4.39 Å². The molecule has 2 aliphatic heterocycles. The van der Waals surface area contributed by atoms with Gasteiger partial charge >= 0.3 is 0 Å². The maximum Gasteiger partial charge on any atom is 0.236 e. The Morgan fingerprint density at radius 3 is 2.04 bits per heavy atom. The zero-order valence-electron chi connectivity index (χ0n) is 15.7. The lowest BCUT2D eigenvalue weighted by molar-refractivity contribution is -0.134. The van der Waals surface area contributed by atoms with Crippen LogP contribution in [0.5, 0.6) is 0 Å². The first-order valence-corrected chi connectivity index (χ1v) is 10.8. The Kier molecular flexibility index (Phi) is 7.52. The van der Waals surface area contributed by atoms with Crippen LogP contribution in [0.4, 0.5) is 4.39 Å². The molecule has 1 aromatic carbocycles. The molecule has 0 radical (unpaired) electrons. The molecule has 0 unspecified atom stereocenters. The van der Waals surface area contributed by atoms with E-state index in [-0.39, 0.29) is 17.6 Å². The first-order chi connectivity index (χ1) is 13.1. The molecule has 0 N–H and O–H groups in total. The maximum atomic E-state index is 12.9. The van der Waals surface area contributed by atoms with Gasteiger partial charge in [0.05, 0.1) is 12.3 Å². The van der Waals surface area contributed by atoms with Crippen LogP contribution in [-0.2, 0) is 9.59 Å². The molecule has 2 fully saturated rings. The molecule has 0 aromatic heterocycles. The van der Waals surface area contributed by atoms with Crippen molar-refractivity contribution in [3.05, 3.63) is 30.1 Å². The zero-order valence-corrected chi connectivity index (χ0v) is 16.6. The van der Waals surface area contributed by atoms with Gasteiger partial charge in [0.15, 0.2) is 0 Å². The number of benzene rings is 1. The predicted octanol–water partition coefficient (Wildman–Crippen LogP) is 2.46. The number of thioether (sulfide) groups is 1. The summed E-state index contributed by atoms with van der Waals surface area (Å²) in [6, 6.07) is 6.21. The molecule has 27 heavy (non-hydrogen) atoms. The highest BCUT2D eigenvalue weighted by atomic mass is 32.2. The quantitative estimate of drug-likeness (QED) is 0.721. The summed E-state index contributed by atoms with van der Waals surface area (Å²) in [6.07, 6.45) is 4.67. The minimum atomic E-state index is -0.267. The average Bonchev–Trinajstić information content (AvgIpc) is 2.97. The summed E-state index contributed by atoms with van der Waals surface area (Å²) in [5, 5.41) is 0. The molecule has 0 bridgehead atoms. The van der Waals surface area contributed by atoms with Crippen LogP contribution in [0.1, 0.15) is 25.7 Å². The highest BCUT2D eigenvalue weighted by molar-refractivity contribution is 8.00. The Bertz CT molecular complexity index is 625. The lowest BCUT2D eigenvalue weighted by atomic mass is 10.2. The molecule has 0 aliphatic carbocycles. The van der Waals surface area contributed by atoms with E-state index in [1.165, 1.54) is 36.7 Å². The van der Waals surface area contributed by atoms with Crippen LogP contribution < -0.4 is 0 Å². The van der Waals surface area contributed by atoms with Crippen LogP contribution in [0.25, 0.3) is 0 Å². The van der Waals surface area contributed by atoms with Gasteiger partial charge in [0.1, 0.15) is 5.82 Å². The van der Waals surface area contributed by atoms with E-state index in [9.17, 15) is 14.0 Å². The molecule has 2 saturated heterocycles. The molecule has 0 spiro atoms. The van der Waals surface area contributed by atoms with Crippen molar-refractivity contribution in [3.8, 4) is 0 Å². The normalized spacial score (nSPS) is 19.0. The highest BCUT2D eigenvalue weighted by Gasteiger charge is 2.24. The SMILES string of the molecule is O=C(CSc1ccc(F)cc1)N1CCN(CC(=O)N2CCCCCC2)CC1. The van der Waals surface area contributed by atoms with E-state index in [0.717, 1.165) is 43.9 Å². The van der Waals surface area contributed by atoms with Crippen LogP contribution >= 0.6 is 11.8 Å². The summed E-state index contributed by atoms with van der Waals surface area (Å²) in [4.78, 5) is 31.8. The molecule has 148 valence electrons. The first-order valence-electron chi connectivity index (χ1n) is 9.78. The van der Waals surface area contributed by atoms with Crippen molar-refractivity contribution in [2.24, 2.45) is 0 Å². The number of carbonyl (C=O) groups excluding carboxylic acids is 2. The Labute approximate surface area is 164 Å². The molecule has 2 heterocycles. The standard InChI is InChI=1S/C20H28FN3O2S/c21-17-5-7-18(8-6-17)27-16-20(26)24-13-11-22(12-14-24)15-19(25)23-9-3-1-2-4-10-23/h5-8H,1-4,9-16H2. The fourth-order valence-electron chi connectivity index (χ4n) is 3.53. The van der Waals surface area contributed by atoms with Crippen molar-refractivity contribution in [1.82, 2.24) is 14.7 Å². The summed E-state index contributed by atoms with van der Waals surface area (Å²) < 4.78 is 12.9. The third-order valence-corrected chi connectivity index (χ3v) is 6.22. The van der Waals surface area contributed by atoms with Crippen molar-refractivity contribution >= 4 is 23.6 Å². The Balaban J connectivity index is 1.38. The van der Waals surface area contributed by atoms with Gasteiger partial charge in [-0.3, -0.25) is 14.5 Å². The lowest BCUT2D eigenvalue weighted by Gasteiger charge is -2.35. The monoisotopic (exact) mass is 393 g/mol. The molecule has 2 aliphatic rings. The third-order valence-electron chi connectivity index (χ3n) is 5.22. The fourth-order valence-corrected chi connectivity index (χ4v) is 4.34. The van der Waals surface area contributed by atoms with Gasteiger partial charge in [-0.1, -0.05) is 12.8 Å². The van der Waals surface area contributed by atoms with Crippen LogP contribution in [0, 0.1) is 5.82 Å². The van der Waals surface area contributed by atoms with E-state index in [1.54, 1.807) is 12.1 Å². The molecule has 7 heteroatoms. The number of likely N-dealkylation sites (tertiary alicyclic amines) is 1. The van der Waals surface area contributed by atoms with Gasteiger partial charge in [0, 0.05) is 44.2 Å². The average molecular weight is 394 g/mol. The van der Waals surface area contributed by atoms with E-state index >= 15 is 0 Å². The molecule has 5 nitrogen and oxygen atoms in total. The minimum absolute atomic E-state index is 0.0998. The van der Waals surface area contributed by atoms with E-state index in [4.69, 9.17) is 0 Å². The lowest BCUT2D eigenvalue weighted by Crippen LogP contribution is -2.52. The zero-order chi connectivity index (χ0) is 19.1. The van der Waals surface area contributed by atoms with Gasteiger partial charge in [0.25, 0.3) is 0 Å². The van der Waals surface area contributed by atoms with Crippen molar-refractivity contribution in [2.45, 2.75) is 30.6 Å². The molecule has 2 amide bonds.